The van der Waals surface area contributed by atoms with Gasteiger partial charge in [-0.05, 0) is 48.9 Å². The summed E-state index contributed by atoms with van der Waals surface area (Å²) in [6.07, 6.45) is 0.365. The summed E-state index contributed by atoms with van der Waals surface area (Å²) in [4.78, 5) is 17.2. The quantitative estimate of drug-likeness (QED) is 0.375. The third kappa shape index (κ3) is 5.11. The van der Waals surface area contributed by atoms with Gasteiger partial charge in [0.05, 0.1) is 13.5 Å². The first kappa shape index (κ1) is 25.4. The Bertz CT molecular complexity index is 1350. The molecule has 0 radical (unpaired) electrons. The Kier molecular flexibility index (Phi) is 7.70. The summed E-state index contributed by atoms with van der Waals surface area (Å²) in [5.74, 6) is 1.42. The number of benzene rings is 3. The van der Waals surface area contributed by atoms with Gasteiger partial charge >= 0.3 is 0 Å². The number of ether oxygens (including phenoxy) is 1. The Balaban J connectivity index is 0.00000304. The first-order valence-electron chi connectivity index (χ1n) is 11.7. The summed E-state index contributed by atoms with van der Waals surface area (Å²) < 4.78 is 18.6. The minimum absolute atomic E-state index is 0. The highest BCUT2D eigenvalue weighted by molar-refractivity contribution is 6.00. The van der Waals surface area contributed by atoms with Gasteiger partial charge in [-0.25, -0.2) is 4.39 Å². The molecular formula is C28H28ClFN4O2. The number of carbonyl (C=O) groups is 1. The van der Waals surface area contributed by atoms with Crippen LogP contribution in [0.1, 0.15) is 12.5 Å². The van der Waals surface area contributed by atoms with Gasteiger partial charge < -0.3 is 14.5 Å². The molecule has 36 heavy (non-hydrogen) atoms. The molecule has 5 rings (SSSR count). The molecule has 6 nitrogen and oxygen atoms in total. The lowest BCUT2D eigenvalue weighted by molar-refractivity contribution is -0.132. The van der Waals surface area contributed by atoms with Crippen molar-refractivity contribution in [2.75, 3.05) is 31.6 Å². The zero-order valence-corrected chi connectivity index (χ0v) is 21.0. The van der Waals surface area contributed by atoms with E-state index in [9.17, 15) is 9.18 Å². The highest BCUT2D eigenvalue weighted by Gasteiger charge is 2.29. The van der Waals surface area contributed by atoms with Crippen LogP contribution in [0.3, 0.4) is 0 Å². The highest BCUT2D eigenvalue weighted by atomic mass is 35.5. The number of rotatable bonds is 5. The number of hydrogen-bond acceptors (Lipinski definition) is 5. The second-order valence-electron chi connectivity index (χ2n) is 8.83. The molecule has 0 spiro atoms. The molecule has 1 aliphatic rings. The van der Waals surface area contributed by atoms with Crippen LogP contribution in [-0.2, 0) is 11.2 Å². The maximum absolute atomic E-state index is 13.4. The zero-order chi connectivity index (χ0) is 24.4. The predicted octanol–water partition coefficient (Wildman–Crippen LogP) is 5.15. The second-order valence-corrected chi connectivity index (χ2v) is 8.83. The van der Waals surface area contributed by atoms with Gasteiger partial charge in [0.15, 0.2) is 5.82 Å². The Morgan fingerprint density at radius 1 is 0.972 bits per heavy atom. The molecule has 8 heteroatoms. The van der Waals surface area contributed by atoms with Crippen molar-refractivity contribution in [3.63, 3.8) is 0 Å². The molecule has 0 unspecified atom stereocenters. The normalized spacial score (nSPS) is 15.5. The summed E-state index contributed by atoms with van der Waals surface area (Å²) in [5, 5.41) is 11.1. The monoisotopic (exact) mass is 506 g/mol. The smallest absolute Gasteiger partial charge is 0.227 e. The molecule has 186 valence electrons. The van der Waals surface area contributed by atoms with E-state index in [1.807, 2.05) is 53.4 Å². The van der Waals surface area contributed by atoms with E-state index in [2.05, 4.69) is 22.0 Å². The third-order valence-electron chi connectivity index (χ3n) is 6.55. The lowest BCUT2D eigenvalue weighted by atomic mass is 10.0. The fraction of sp³-hybridized carbons (Fsp3) is 0.250. The summed E-state index contributed by atoms with van der Waals surface area (Å²) in [6, 6.07) is 22.0. The first-order chi connectivity index (χ1) is 17.0. The van der Waals surface area contributed by atoms with Gasteiger partial charge in [-0.15, -0.1) is 22.6 Å². The largest absolute Gasteiger partial charge is 0.497 e. The molecule has 4 aromatic rings. The number of hydrogen-bond donors (Lipinski definition) is 0. The van der Waals surface area contributed by atoms with Crippen LogP contribution in [0.25, 0.3) is 22.0 Å². The molecule has 1 fully saturated rings. The van der Waals surface area contributed by atoms with Gasteiger partial charge in [-0.2, -0.15) is 0 Å². The van der Waals surface area contributed by atoms with E-state index in [0.29, 0.717) is 26.1 Å². The molecule has 3 aromatic carbocycles. The molecular weight excluding hydrogens is 479 g/mol. The van der Waals surface area contributed by atoms with Crippen molar-refractivity contribution in [3.05, 3.63) is 84.2 Å². The van der Waals surface area contributed by atoms with Crippen molar-refractivity contribution in [2.45, 2.75) is 19.4 Å². The van der Waals surface area contributed by atoms with Gasteiger partial charge in [-0.1, -0.05) is 36.4 Å². The van der Waals surface area contributed by atoms with Crippen molar-refractivity contribution in [3.8, 4) is 17.0 Å². The van der Waals surface area contributed by atoms with E-state index in [-0.39, 0.29) is 30.2 Å². The summed E-state index contributed by atoms with van der Waals surface area (Å²) in [5.41, 5.74) is 2.52. The predicted molar refractivity (Wildman–Crippen MR) is 142 cm³/mol. The number of aromatic nitrogens is 2. The molecule has 0 aliphatic carbocycles. The average molecular weight is 507 g/mol. The van der Waals surface area contributed by atoms with E-state index in [4.69, 9.17) is 4.74 Å². The fourth-order valence-corrected chi connectivity index (χ4v) is 4.68. The third-order valence-corrected chi connectivity index (χ3v) is 6.55. The Hall–Kier alpha value is -3.71. The van der Waals surface area contributed by atoms with Crippen LogP contribution in [0.4, 0.5) is 10.2 Å². The molecule has 1 atom stereocenters. The maximum Gasteiger partial charge on any atom is 0.227 e. The van der Waals surface area contributed by atoms with E-state index >= 15 is 0 Å². The van der Waals surface area contributed by atoms with Gasteiger partial charge in [-0.3, -0.25) is 4.79 Å². The van der Waals surface area contributed by atoms with E-state index in [1.165, 1.54) is 12.1 Å². The molecule has 0 saturated carbocycles. The van der Waals surface area contributed by atoms with E-state index in [1.54, 1.807) is 19.2 Å². The number of anilines is 1. The van der Waals surface area contributed by atoms with Crippen molar-refractivity contribution < 1.29 is 13.9 Å². The number of halogens is 2. The first-order valence-corrected chi connectivity index (χ1v) is 11.7. The minimum atomic E-state index is -0.281. The maximum atomic E-state index is 13.4. The van der Waals surface area contributed by atoms with Crippen LogP contribution in [0.2, 0.25) is 0 Å². The second kappa shape index (κ2) is 10.9. The number of piperazine rings is 1. The van der Waals surface area contributed by atoms with Crippen LogP contribution < -0.4 is 9.64 Å². The molecule has 0 bridgehead atoms. The Morgan fingerprint density at radius 3 is 2.33 bits per heavy atom. The lowest BCUT2D eigenvalue weighted by Gasteiger charge is -2.40. The van der Waals surface area contributed by atoms with Gasteiger partial charge in [0.1, 0.15) is 17.3 Å². The standard InChI is InChI=1S/C28H27FN4O2.ClH/c1-19-18-32(15-16-33(19)26(34)17-20-7-13-23(35-2)14-8-20)28-25-6-4-3-5-24(25)27(30-31-28)21-9-11-22(29)12-10-21;/h3-14,19H,15-18H2,1-2H3;1H/t19-;/m0./s1. The average Bonchev–Trinajstić information content (AvgIpc) is 2.89. The molecule has 1 amide bonds. The summed E-state index contributed by atoms with van der Waals surface area (Å²) in [7, 11) is 1.63. The SMILES string of the molecule is COc1ccc(CC(=O)N2CCN(c3nnc(-c4ccc(F)cc4)c4ccccc34)C[C@@H]2C)cc1.Cl. The highest BCUT2D eigenvalue weighted by Crippen LogP contribution is 2.32. The summed E-state index contributed by atoms with van der Waals surface area (Å²) in [6.45, 7) is 4.03. The lowest BCUT2D eigenvalue weighted by Crippen LogP contribution is -2.54. The Morgan fingerprint density at radius 2 is 1.67 bits per heavy atom. The molecule has 1 aliphatic heterocycles. The van der Waals surface area contributed by atoms with Gasteiger partial charge in [0.25, 0.3) is 0 Å². The number of methoxy groups -OCH3 is 1. The number of amides is 1. The fourth-order valence-electron chi connectivity index (χ4n) is 4.68. The van der Waals surface area contributed by atoms with Gasteiger partial charge in [0, 0.05) is 42.0 Å². The van der Waals surface area contributed by atoms with Crippen molar-refractivity contribution in [2.24, 2.45) is 0 Å². The number of fused-ring (bicyclic) bond motifs is 1. The van der Waals surface area contributed by atoms with Crippen LogP contribution in [0, 0.1) is 5.82 Å². The van der Waals surface area contributed by atoms with Crippen LogP contribution in [0.15, 0.2) is 72.8 Å². The number of nitrogens with zero attached hydrogens (tertiary/aromatic N) is 4. The minimum Gasteiger partial charge on any atom is -0.497 e. The van der Waals surface area contributed by atoms with E-state index in [0.717, 1.165) is 39.2 Å². The van der Waals surface area contributed by atoms with Crippen molar-refractivity contribution in [1.82, 2.24) is 15.1 Å². The van der Waals surface area contributed by atoms with Gasteiger partial charge in [0.2, 0.25) is 5.91 Å². The van der Waals surface area contributed by atoms with Crippen LogP contribution in [-0.4, -0.2) is 53.8 Å². The topological polar surface area (TPSA) is 58.6 Å². The van der Waals surface area contributed by atoms with E-state index < -0.39 is 0 Å². The molecule has 1 saturated heterocycles. The zero-order valence-electron chi connectivity index (χ0n) is 20.2. The Labute approximate surface area is 216 Å². The molecule has 1 aromatic heterocycles. The molecule has 2 heterocycles. The van der Waals surface area contributed by atoms with Crippen LogP contribution in [0.5, 0.6) is 5.75 Å². The molecule has 0 N–H and O–H groups in total. The van der Waals surface area contributed by atoms with Crippen molar-refractivity contribution in [1.29, 1.82) is 0 Å². The number of carbonyl (C=O) groups excluding carboxylic acids is 1. The van der Waals surface area contributed by atoms with Crippen molar-refractivity contribution >= 4 is 34.9 Å². The van der Waals surface area contributed by atoms with Crippen LogP contribution >= 0.6 is 12.4 Å². The summed E-state index contributed by atoms with van der Waals surface area (Å²) >= 11 is 0.